The summed E-state index contributed by atoms with van der Waals surface area (Å²) in [5.74, 6) is 0.0937. The quantitative estimate of drug-likeness (QED) is 0.378. The van der Waals surface area contributed by atoms with Crippen LogP contribution < -0.4 is 4.74 Å². The van der Waals surface area contributed by atoms with Crippen molar-refractivity contribution in [2.45, 2.75) is 19.5 Å². The minimum absolute atomic E-state index is 0.0188. The van der Waals surface area contributed by atoms with Crippen LogP contribution in [-0.4, -0.2) is 5.97 Å². The van der Waals surface area contributed by atoms with Crippen LogP contribution in [0.1, 0.15) is 33.3 Å². The zero-order valence-corrected chi connectivity index (χ0v) is 18.1. The minimum atomic E-state index is -0.558. The summed E-state index contributed by atoms with van der Waals surface area (Å²) in [5, 5.41) is 0.692. The molecule has 0 saturated carbocycles. The van der Waals surface area contributed by atoms with Gasteiger partial charge in [0.05, 0.1) is 17.2 Å². The van der Waals surface area contributed by atoms with E-state index in [1.54, 1.807) is 12.1 Å². The van der Waals surface area contributed by atoms with Gasteiger partial charge in [-0.2, -0.15) is 0 Å². The first-order valence-electron chi connectivity index (χ1n) is 8.78. The second kappa shape index (κ2) is 8.76. The van der Waals surface area contributed by atoms with E-state index in [1.165, 1.54) is 6.07 Å². The molecule has 148 valence electrons. The predicted molar refractivity (Wildman–Crippen MR) is 114 cm³/mol. The Kier molecular flexibility index (Phi) is 6.11. The van der Waals surface area contributed by atoms with E-state index in [2.05, 4.69) is 15.9 Å². The Bertz CT molecular complexity index is 1060. The van der Waals surface area contributed by atoms with Gasteiger partial charge in [0.25, 0.3) is 0 Å². The number of ether oxygens (including phenoxy) is 3. The highest BCUT2D eigenvalue weighted by atomic mass is 79.9. The highest BCUT2D eigenvalue weighted by Gasteiger charge is 2.25. The lowest BCUT2D eigenvalue weighted by atomic mass is 10.1. The molecular weight excluding hydrogens is 479 g/mol. The number of carbonyl (C=O) groups excluding carboxylic acids is 1. The molecule has 0 radical (unpaired) electrons. The van der Waals surface area contributed by atoms with Gasteiger partial charge in [-0.05, 0) is 30.3 Å². The van der Waals surface area contributed by atoms with E-state index in [1.807, 2.05) is 42.5 Å². The summed E-state index contributed by atoms with van der Waals surface area (Å²) in [6, 6.07) is 18.1. The van der Waals surface area contributed by atoms with Crippen LogP contribution in [0.5, 0.6) is 5.75 Å². The molecule has 0 N–H and O–H groups in total. The largest absolute Gasteiger partial charge is 0.460 e. The third kappa shape index (κ3) is 4.59. The van der Waals surface area contributed by atoms with Gasteiger partial charge in [-0.25, -0.2) is 4.79 Å². The van der Waals surface area contributed by atoms with Crippen LogP contribution >= 0.6 is 39.1 Å². The number of halogens is 3. The molecule has 4 rings (SSSR count). The van der Waals surface area contributed by atoms with E-state index in [-0.39, 0.29) is 17.2 Å². The van der Waals surface area contributed by atoms with Crippen LogP contribution in [0, 0.1) is 0 Å². The lowest BCUT2D eigenvalue weighted by Crippen LogP contribution is -2.19. The highest BCUT2D eigenvalue weighted by Crippen LogP contribution is 2.38. The third-order valence-corrected chi connectivity index (χ3v) is 5.42. The summed E-state index contributed by atoms with van der Waals surface area (Å²) >= 11 is 15.5. The first-order chi connectivity index (χ1) is 14.0. The molecule has 3 aromatic carbocycles. The zero-order valence-electron chi connectivity index (χ0n) is 15.0. The zero-order chi connectivity index (χ0) is 20.4. The standard InChI is InChI=1S/C22H15BrCl2O4/c23-16-8-14(11-27-21(26)18-10-17(24)6-7-19(18)25)20-15(9-16)12-28-22(29-20)13-4-2-1-3-5-13/h1-10,22H,11-12H2. The van der Waals surface area contributed by atoms with Gasteiger partial charge in [0, 0.05) is 26.2 Å². The molecular formula is C22H15BrCl2O4. The second-order valence-corrected chi connectivity index (χ2v) is 8.18. The van der Waals surface area contributed by atoms with Crippen LogP contribution in [0.15, 0.2) is 65.1 Å². The molecule has 0 amide bonds. The van der Waals surface area contributed by atoms with Crippen molar-refractivity contribution in [1.82, 2.24) is 0 Å². The first kappa shape index (κ1) is 20.2. The number of rotatable bonds is 4. The van der Waals surface area contributed by atoms with Crippen molar-refractivity contribution >= 4 is 45.1 Å². The Balaban J connectivity index is 1.56. The molecule has 4 nitrogen and oxygen atoms in total. The van der Waals surface area contributed by atoms with Crippen molar-refractivity contribution in [1.29, 1.82) is 0 Å². The molecule has 1 heterocycles. The molecule has 0 fully saturated rings. The van der Waals surface area contributed by atoms with E-state index in [9.17, 15) is 4.79 Å². The summed E-state index contributed by atoms with van der Waals surface area (Å²) in [5.41, 5.74) is 2.73. The lowest BCUT2D eigenvalue weighted by Gasteiger charge is -2.28. The monoisotopic (exact) mass is 492 g/mol. The topological polar surface area (TPSA) is 44.8 Å². The number of fused-ring (bicyclic) bond motifs is 1. The average Bonchev–Trinajstić information content (AvgIpc) is 2.73. The van der Waals surface area contributed by atoms with Gasteiger partial charge < -0.3 is 14.2 Å². The SMILES string of the molecule is O=C(OCc1cc(Br)cc2c1OC(c1ccccc1)OC2)c1cc(Cl)ccc1Cl. The van der Waals surface area contributed by atoms with Crippen molar-refractivity contribution in [3.63, 3.8) is 0 Å². The van der Waals surface area contributed by atoms with Gasteiger partial charge >= 0.3 is 5.97 Å². The number of esters is 1. The molecule has 0 spiro atoms. The van der Waals surface area contributed by atoms with Crippen LogP contribution in [0.4, 0.5) is 0 Å². The van der Waals surface area contributed by atoms with Crippen molar-refractivity contribution in [2.75, 3.05) is 0 Å². The van der Waals surface area contributed by atoms with E-state index >= 15 is 0 Å². The molecule has 0 aliphatic carbocycles. The molecule has 1 atom stereocenters. The Morgan fingerprint density at radius 3 is 2.69 bits per heavy atom. The van der Waals surface area contributed by atoms with Crippen LogP contribution in [0.2, 0.25) is 10.0 Å². The molecule has 0 bridgehead atoms. The molecule has 1 unspecified atom stereocenters. The molecule has 29 heavy (non-hydrogen) atoms. The summed E-state index contributed by atoms with van der Waals surface area (Å²) < 4.78 is 18.3. The summed E-state index contributed by atoms with van der Waals surface area (Å²) in [4.78, 5) is 12.5. The molecule has 1 aliphatic heterocycles. The Hall–Kier alpha value is -2.05. The maximum Gasteiger partial charge on any atom is 0.340 e. The van der Waals surface area contributed by atoms with E-state index in [0.717, 1.165) is 21.2 Å². The predicted octanol–water partition coefficient (Wildman–Crippen LogP) is 6.72. The average molecular weight is 494 g/mol. The van der Waals surface area contributed by atoms with Gasteiger partial charge in [-0.1, -0.05) is 69.5 Å². The van der Waals surface area contributed by atoms with Crippen LogP contribution in [-0.2, 0) is 22.7 Å². The van der Waals surface area contributed by atoms with E-state index in [0.29, 0.717) is 17.4 Å². The molecule has 0 aromatic heterocycles. The smallest absolute Gasteiger partial charge is 0.340 e. The van der Waals surface area contributed by atoms with Gasteiger partial charge in [0.1, 0.15) is 12.4 Å². The first-order valence-corrected chi connectivity index (χ1v) is 10.3. The second-order valence-electron chi connectivity index (χ2n) is 6.42. The fourth-order valence-electron chi connectivity index (χ4n) is 3.03. The third-order valence-electron chi connectivity index (χ3n) is 4.40. The number of hydrogen-bond donors (Lipinski definition) is 0. The van der Waals surface area contributed by atoms with E-state index in [4.69, 9.17) is 37.4 Å². The van der Waals surface area contributed by atoms with Crippen molar-refractivity contribution in [2.24, 2.45) is 0 Å². The van der Waals surface area contributed by atoms with Crippen LogP contribution in [0.3, 0.4) is 0 Å². The van der Waals surface area contributed by atoms with Gasteiger partial charge in [-0.3, -0.25) is 0 Å². The number of hydrogen-bond acceptors (Lipinski definition) is 4. The van der Waals surface area contributed by atoms with Crippen molar-refractivity contribution in [3.8, 4) is 5.75 Å². The summed E-state index contributed by atoms with van der Waals surface area (Å²) in [6.07, 6.45) is -0.526. The molecule has 1 aliphatic rings. The van der Waals surface area contributed by atoms with E-state index < -0.39 is 12.3 Å². The Morgan fingerprint density at radius 1 is 1.10 bits per heavy atom. The fourth-order valence-corrected chi connectivity index (χ4v) is 3.95. The normalized spacial score (nSPS) is 15.3. The van der Waals surface area contributed by atoms with Gasteiger partial charge in [0.15, 0.2) is 0 Å². The maximum atomic E-state index is 12.5. The van der Waals surface area contributed by atoms with Gasteiger partial charge in [0.2, 0.25) is 6.29 Å². The molecule has 3 aromatic rings. The van der Waals surface area contributed by atoms with Crippen molar-refractivity contribution < 1.29 is 19.0 Å². The number of benzene rings is 3. The number of carbonyl (C=O) groups is 1. The lowest BCUT2D eigenvalue weighted by molar-refractivity contribution is -0.112. The summed E-state index contributed by atoms with van der Waals surface area (Å²) in [6.45, 7) is 0.403. The summed E-state index contributed by atoms with van der Waals surface area (Å²) in [7, 11) is 0. The minimum Gasteiger partial charge on any atom is -0.460 e. The van der Waals surface area contributed by atoms with Crippen molar-refractivity contribution in [3.05, 3.63) is 97.4 Å². The highest BCUT2D eigenvalue weighted by molar-refractivity contribution is 9.10. The van der Waals surface area contributed by atoms with Gasteiger partial charge in [-0.15, -0.1) is 0 Å². The Morgan fingerprint density at radius 2 is 1.90 bits per heavy atom. The van der Waals surface area contributed by atoms with Crippen LogP contribution in [0.25, 0.3) is 0 Å². The molecule has 7 heteroatoms. The molecule has 0 saturated heterocycles. The maximum absolute atomic E-state index is 12.5. The Labute approximate surface area is 186 Å². The fraction of sp³-hybridized carbons (Fsp3) is 0.136.